The van der Waals surface area contributed by atoms with Crippen molar-refractivity contribution in [1.82, 2.24) is 4.98 Å². The second kappa shape index (κ2) is 6.33. The van der Waals surface area contributed by atoms with Crippen LogP contribution in [0.4, 0.5) is 15.9 Å². The third-order valence-electron chi connectivity index (χ3n) is 2.60. The molecule has 1 aromatic carbocycles. The van der Waals surface area contributed by atoms with Gasteiger partial charge in [0.25, 0.3) is 0 Å². The van der Waals surface area contributed by atoms with Crippen LogP contribution in [0.15, 0.2) is 42.6 Å². The Morgan fingerprint density at radius 3 is 2.33 bits per heavy atom. The van der Waals surface area contributed by atoms with Crippen molar-refractivity contribution in [1.29, 1.82) is 0 Å². The number of aromatic nitrogens is 1. The summed E-state index contributed by atoms with van der Waals surface area (Å²) in [6.45, 7) is 0.480. The number of nitrogens with zero attached hydrogens (tertiary/aromatic N) is 2. The van der Waals surface area contributed by atoms with Gasteiger partial charge in [-0.3, -0.25) is 0 Å². The average Bonchev–Trinajstić information content (AvgIpc) is 2.39. The van der Waals surface area contributed by atoms with E-state index in [0.29, 0.717) is 6.54 Å². The minimum atomic E-state index is -0.242. The number of pyridine rings is 1. The van der Waals surface area contributed by atoms with Gasteiger partial charge >= 0.3 is 0 Å². The van der Waals surface area contributed by atoms with Gasteiger partial charge < -0.3 is 10.6 Å². The Bertz CT molecular complexity index is 485. The van der Waals surface area contributed by atoms with Gasteiger partial charge in [-0.25, -0.2) is 9.37 Å². The smallest absolute Gasteiger partial charge is 0.132 e. The topological polar surface area (TPSA) is 42.1 Å². The van der Waals surface area contributed by atoms with Crippen LogP contribution < -0.4 is 10.6 Å². The molecule has 1 aromatic heterocycles. The number of anilines is 2. The maximum atomic E-state index is 12.8. The monoisotopic (exact) mass is 267 g/mol. The summed E-state index contributed by atoms with van der Waals surface area (Å²) in [7, 11) is 1.89. The highest BCUT2D eigenvalue weighted by Gasteiger charge is 2.04. The highest BCUT2D eigenvalue weighted by atomic mass is 35.5. The maximum Gasteiger partial charge on any atom is 0.132 e. The van der Waals surface area contributed by atoms with Gasteiger partial charge in [-0.1, -0.05) is 6.07 Å². The standard InChI is InChI=1S/C13H14FN3.ClH/c1-17(12-5-3-11(14)4-6-12)13-7-2-10(8-15)9-16-13;/h2-7,9H,8,15H2,1H3;1H. The molecular formula is C13H15ClFN3. The first-order chi connectivity index (χ1) is 8.20. The average molecular weight is 268 g/mol. The van der Waals surface area contributed by atoms with Gasteiger partial charge in [0.2, 0.25) is 0 Å². The Morgan fingerprint density at radius 2 is 1.83 bits per heavy atom. The van der Waals surface area contributed by atoms with Crippen LogP contribution >= 0.6 is 12.4 Å². The van der Waals surface area contributed by atoms with E-state index in [0.717, 1.165) is 17.1 Å². The van der Waals surface area contributed by atoms with E-state index in [2.05, 4.69) is 4.98 Å². The first-order valence-corrected chi connectivity index (χ1v) is 5.35. The van der Waals surface area contributed by atoms with Crippen LogP contribution in [-0.4, -0.2) is 12.0 Å². The lowest BCUT2D eigenvalue weighted by molar-refractivity contribution is 0.628. The number of nitrogens with two attached hydrogens (primary N) is 1. The highest BCUT2D eigenvalue weighted by Crippen LogP contribution is 2.21. The van der Waals surface area contributed by atoms with Crippen LogP contribution in [0.1, 0.15) is 5.56 Å². The number of hydrogen-bond acceptors (Lipinski definition) is 3. The Labute approximate surface area is 112 Å². The van der Waals surface area contributed by atoms with Crippen molar-refractivity contribution in [2.45, 2.75) is 6.54 Å². The Hall–Kier alpha value is -1.65. The molecule has 0 radical (unpaired) electrons. The molecule has 2 aromatic rings. The van der Waals surface area contributed by atoms with Crippen molar-refractivity contribution >= 4 is 23.9 Å². The zero-order valence-electron chi connectivity index (χ0n) is 10.0. The molecule has 5 heteroatoms. The van der Waals surface area contributed by atoms with Crippen molar-refractivity contribution in [2.75, 3.05) is 11.9 Å². The van der Waals surface area contributed by atoms with E-state index in [-0.39, 0.29) is 18.2 Å². The summed E-state index contributed by atoms with van der Waals surface area (Å²) in [4.78, 5) is 6.19. The Morgan fingerprint density at radius 1 is 1.17 bits per heavy atom. The van der Waals surface area contributed by atoms with Gasteiger partial charge in [0.05, 0.1) is 0 Å². The maximum absolute atomic E-state index is 12.8. The van der Waals surface area contributed by atoms with Crippen molar-refractivity contribution < 1.29 is 4.39 Å². The molecule has 3 nitrogen and oxygen atoms in total. The van der Waals surface area contributed by atoms with Crippen LogP contribution in [0.2, 0.25) is 0 Å². The molecule has 0 fully saturated rings. The largest absolute Gasteiger partial charge is 0.329 e. The van der Waals surface area contributed by atoms with Crippen molar-refractivity contribution in [3.8, 4) is 0 Å². The van der Waals surface area contributed by atoms with Gasteiger partial charge in [0.1, 0.15) is 11.6 Å². The molecule has 0 saturated carbocycles. The first-order valence-electron chi connectivity index (χ1n) is 5.35. The summed E-state index contributed by atoms with van der Waals surface area (Å²) in [6.07, 6.45) is 1.75. The van der Waals surface area contributed by atoms with Crippen LogP contribution in [0.3, 0.4) is 0 Å². The predicted molar refractivity (Wildman–Crippen MR) is 73.8 cm³/mol. The fourth-order valence-corrected chi connectivity index (χ4v) is 1.53. The minimum absolute atomic E-state index is 0. The second-order valence-corrected chi connectivity index (χ2v) is 3.76. The third kappa shape index (κ3) is 3.18. The number of halogens is 2. The van der Waals surface area contributed by atoms with E-state index in [1.807, 2.05) is 24.1 Å². The molecule has 1 heterocycles. The molecule has 0 bridgehead atoms. The fourth-order valence-electron chi connectivity index (χ4n) is 1.53. The number of hydrogen-bond donors (Lipinski definition) is 1. The Kier molecular flexibility index (Phi) is 5.07. The molecule has 0 atom stereocenters. The van der Waals surface area contributed by atoms with E-state index in [9.17, 15) is 4.39 Å². The zero-order valence-corrected chi connectivity index (χ0v) is 10.8. The molecular weight excluding hydrogens is 253 g/mol. The molecule has 2 rings (SSSR count). The van der Waals surface area contributed by atoms with E-state index in [1.54, 1.807) is 18.3 Å². The third-order valence-corrected chi connectivity index (χ3v) is 2.60. The molecule has 18 heavy (non-hydrogen) atoms. The summed E-state index contributed by atoms with van der Waals surface area (Å²) >= 11 is 0. The van der Waals surface area contributed by atoms with E-state index in [1.165, 1.54) is 12.1 Å². The van der Waals surface area contributed by atoms with Crippen molar-refractivity contribution in [3.63, 3.8) is 0 Å². The van der Waals surface area contributed by atoms with E-state index < -0.39 is 0 Å². The van der Waals surface area contributed by atoms with Gasteiger partial charge in [0.15, 0.2) is 0 Å². The van der Waals surface area contributed by atoms with Gasteiger partial charge in [0, 0.05) is 25.5 Å². The van der Waals surface area contributed by atoms with E-state index >= 15 is 0 Å². The summed E-state index contributed by atoms with van der Waals surface area (Å²) in [5.74, 6) is 0.558. The number of rotatable bonds is 3. The van der Waals surface area contributed by atoms with Gasteiger partial charge in [-0.2, -0.15) is 0 Å². The zero-order chi connectivity index (χ0) is 12.3. The second-order valence-electron chi connectivity index (χ2n) is 3.76. The summed E-state index contributed by atoms with van der Waals surface area (Å²) in [5, 5.41) is 0. The van der Waals surface area contributed by atoms with Crippen molar-refractivity contribution in [2.24, 2.45) is 5.73 Å². The predicted octanol–water partition coefficient (Wildman–Crippen LogP) is 2.87. The summed E-state index contributed by atoms with van der Waals surface area (Å²) < 4.78 is 12.8. The molecule has 0 spiro atoms. The molecule has 0 unspecified atom stereocenters. The summed E-state index contributed by atoms with van der Waals surface area (Å²) in [6, 6.07) is 10.1. The fraction of sp³-hybridized carbons (Fsp3) is 0.154. The van der Waals surface area contributed by atoms with Crippen LogP contribution in [-0.2, 0) is 6.54 Å². The normalized spacial score (nSPS) is 9.72. The van der Waals surface area contributed by atoms with E-state index in [4.69, 9.17) is 5.73 Å². The highest BCUT2D eigenvalue weighted by molar-refractivity contribution is 5.85. The molecule has 2 N–H and O–H groups in total. The SMILES string of the molecule is CN(c1ccc(F)cc1)c1ccc(CN)cn1.Cl. The van der Waals surface area contributed by atoms with Gasteiger partial charge in [-0.15, -0.1) is 12.4 Å². The van der Waals surface area contributed by atoms with Crippen molar-refractivity contribution in [3.05, 3.63) is 54.0 Å². The number of benzene rings is 1. The van der Waals surface area contributed by atoms with Crippen LogP contribution in [0.25, 0.3) is 0 Å². The Balaban J connectivity index is 0.00000162. The molecule has 0 saturated heterocycles. The molecule has 0 amide bonds. The van der Waals surface area contributed by atoms with Crippen LogP contribution in [0.5, 0.6) is 0 Å². The molecule has 96 valence electrons. The molecule has 0 aliphatic carbocycles. The van der Waals surface area contributed by atoms with Gasteiger partial charge in [-0.05, 0) is 35.9 Å². The lowest BCUT2D eigenvalue weighted by Crippen LogP contribution is -2.11. The van der Waals surface area contributed by atoms with Crippen LogP contribution in [0, 0.1) is 5.82 Å². The first kappa shape index (κ1) is 14.4. The summed E-state index contributed by atoms with van der Waals surface area (Å²) in [5.41, 5.74) is 7.38. The lowest BCUT2D eigenvalue weighted by Gasteiger charge is -2.18. The quantitative estimate of drug-likeness (QED) is 0.930. The molecule has 0 aliphatic heterocycles. The molecule has 0 aliphatic rings. The lowest BCUT2D eigenvalue weighted by atomic mass is 10.2. The minimum Gasteiger partial charge on any atom is -0.329 e.